The van der Waals surface area contributed by atoms with E-state index in [0.717, 1.165) is 24.8 Å². The zero-order valence-corrected chi connectivity index (χ0v) is 15.6. The number of amides is 1. The van der Waals surface area contributed by atoms with Crippen LogP contribution in [0.2, 0.25) is 0 Å². The molecular weight excluding hydrogens is 387 g/mol. The molecule has 2 aliphatic heterocycles. The molecule has 29 heavy (non-hydrogen) atoms. The van der Waals surface area contributed by atoms with Crippen LogP contribution in [0.3, 0.4) is 0 Å². The summed E-state index contributed by atoms with van der Waals surface area (Å²) in [4.78, 5) is 26.4. The highest BCUT2D eigenvalue weighted by atomic mass is 19.4. The maximum atomic E-state index is 13.2. The summed E-state index contributed by atoms with van der Waals surface area (Å²) in [5, 5.41) is 0. The molecule has 0 saturated carbocycles. The van der Waals surface area contributed by atoms with Gasteiger partial charge in [-0.25, -0.2) is 4.79 Å². The van der Waals surface area contributed by atoms with E-state index in [0.29, 0.717) is 18.4 Å². The van der Waals surface area contributed by atoms with Crippen molar-refractivity contribution < 1.29 is 32.2 Å². The van der Waals surface area contributed by atoms with E-state index >= 15 is 0 Å². The van der Waals surface area contributed by atoms with Crippen molar-refractivity contribution in [3.63, 3.8) is 0 Å². The fraction of sp³-hybridized carbons (Fsp3) is 0.333. The van der Waals surface area contributed by atoms with Crippen molar-refractivity contribution in [2.75, 3.05) is 20.2 Å². The fourth-order valence-corrected chi connectivity index (χ4v) is 4.03. The molecule has 2 aromatic rings. The zero-order chi connectivity index (χ0) is 20.8. The second kappa shape index (κ2) is 6.79. The molecule has 0 atom stereocenters. The summed E-state index contributed by atoms with van der Waals surface area (Å²) < 4.78 is 50.1. The van der Waals surface area contributed by atoms with Crippen LogP contribution < -0.4 is 4.74 Å². The number of fused-ring (bicyclic) bond motifs is 2. The molecule has 5 nitrogen and oxygen atoms in total. The molecule has 0 aromatic heterocycles. The highest BCUT2D eigenvalue weighted by Crippen LogP contribution is 2.44. The number of hydrogen-bond donors (Lipinski definition) is 0. The van der Waals surface area contributed by atoms with Gasteiger partial charge < -0.3 is 14.4 Å². The molecule has 0 radical (unpaired) electrons. The highest BCUT2D eigenvalue weighted by Gasteiger charge is 2.47. The van der Waals surface area contributed by atoms with Gasteiger partial charge in [0, 0.05) is 37.1 Å². The quantitative estimate of drug-likeness (QED) is 0.709. The van der Waals surface area contributed by atoms with Crippen LogP contribution in [0.15, 0.2) is 42.5 Å². The van der Waals surface area contributed by atoms with Crippen molar-refractivity contribution in [1.82, 2.24) is 4.90 Å². The molecule has 1 amide bonds. The summed E-state index contributed by atoms with van der Waals surface area (Å²) in [6.07, 6.45) is -3.84. The van der Waals surface area contributed by atoms with Crippen molar-refractivity contribution in [3.05, 3.63) is 64.7 Å². The Labute approximate surface area is 165 Å². The van der Waals surface area contributed by atoms with Gasteiger partial charge in [0.15, 0.2) is 0 Å². The van der Waals surface area contributed by atoms with Gasteiger partial charge in [-0.15, -0.1) is 0 Å². The number of benzene rings is 2. The predicted molar refractivity (Wildman–Crippen MR) is 96.7 cm³/mol. The molecule has 1 spiro atoms. The topological polar surface area (TPSA) is 55.8 Å². The van der Waals surface area contributed by atoms with E-state index in [2.05, 4.69) is 0 Å². The molecule has 2 heterocycles. The minimum atomic E-state index is -4.63. The third-order valence-electron chi connectivity index (χ3n) is 5.54. The smallest absolute Gasteiger partial charge is 0.419 e. The van der Waals surface area contributed by atoms with Gasteiger partial charge in [0.25, 0.3) is 5.91 Å². The normalized spacial score (nSPS) is 17.8. The lowest BCUT2D eigenvalue weighted by atomic mass is 9.83. The maximum Gasteiger partial charge on any atom is 0.419 e. The average molecular weight is 405 g/mol. The fourth-order valence-electron chi connectivity index (χ4n) is 4.03. The van der Waals surface area contributed by atoms with Crippen molar-refractivity contribution in [2.24, 2.45) is 0 Å². The molecule has 152 valence electrons. The Morgan fingerprint density at radius 3 is 2.48 bits per heavy atom. The number of carbonyl (C=O) groups excluding carboxylic acids is 2. The van der Waals surface area contributed by atoms with Crippen molar-refractivity contribution in [1.29, 1.82) is 0 Å². The summed E-state index contributed by atoms with van der Waals surface area (Å²) in [6.45, 7) is 0.543. The molecule has 4 rings (SSSR count). The van der Waals surface area contributed by atoms with E-state index in [1.54, 1.807) is 12.1 Å². The first-order valence-electron chi connectivity index (χ1n) is 9.12. The van der Waals surface area contributed by atoms with Gasteiger partial charge in [0.1, 0.15) is 11.4 Å². The molecule has 0 unspecified atom stereocenters. The minimum absolute atomic E-state index is 0.0575. The molecule has 0 N–H and O–H groups in total. The van der Waals surface area contributed by atoms with Crippen LogP contribution in [0.25, 0.3) is 0 Å². The summed E-state index contributed by atoms with van der Waals surface area (Å²) in [6, 6.07) is 10.4. The Bertz CT molecular complexity index is 978. The van der Waals surface area contributed by atoms with Crippen molar-refractivity contribution in [3.8, 4) is 5.75 Å². The van der Waals surface area contributed by atoms with Gasteiger partial charge in [0.05, 0.1) is 18.2 Å². The third kappa shape index (κ3) is 3.22. The minimum Gasteiger partial charge on any atom is -0.496 e. The van der Waals surface area contributed by atoms with Crippen LogP contribution in [-0.4, -0.2) is 37.0 Å². The summed E-state index contributed by atoms with van der Waals surface area (Å²) in [5.74, 6) is -1.21. The first-order valence-corrected chi connectivity index (χ1v) is 9.12. The number of esters is 1. The first kappa shape index (κ1) is 19.3. The third-order valence-corrected chi connectivity index (χ3v) is 5.54. The molecule has 1 fully saturated rings. The van der Waals surface area contributed by atoms with E-state index < -0.39 is 23.2 Å². The zero-order valence-electron chi connectivity index (χ0n) is 15.6. The van der Waals surface area contributed by atoms with Crippen LogP contribution in [0.5, 0.6) is 5.75 Å². The largest absolute Gasteiger partial charge is 0.496 e. The lowest BCUT2D eigenvalue weighted by Gasteiger charge is -2.38. The monoisotopic (exact) mass is 405 g/mol. The number of carbonyl (C=O) groups is 2. The van der Waals surface area contributed by atoms with Crippen LogP contribution in [-0.2, 0) is 16.5 Å². The number of nitrogens with zero attached hydrogens (tertiary/aromatic N) is 1. The maximum absolute atomic E-state index is 13.2. The van der Waals surface area contributed by atoms with E-state index in [1.807, 2.05) is 12.1 Å². The van der Waals surface area contributed by atoms with Gasteiger partial charge in [-0.2, -0.15) is 13.2 Å². The summed E-state index contributed by atoms with van der Waals surface area (Å²) >= 11 is 0. The Kier molecular flexibility index (Phi) is 4.52. The SMILES string of the molecule is COc1ccc(C(=O)N2CCC3(CC2)OC(=O)c2ccccc23)cc1C(F)(F)F. The van der Waals surface area contributed by atoms with Gasteiger partial charge in [-0.3, -0.25) is 4.79 Å². The standard InChI is InChI=1S/C21H18F3NO4/c1-28-17-7-6-13(12-16(17)21(22,23)24)18(26)25-10-8-20(9-11-25)15-5-3-2-4-14(15)19(27)29-20/h2-7,12H,8-11H2,1H3. The number of rotatable bonds is 2. The molecule has 1 saturated heterocycles. The summed E-state index contributed by atoms with van der Waals surface area (Å²) in [5.41, 5.74) is -0.490. The second-order valence-electron chi connectivity index (χ2n) is 7.13. The lowest BCUT2D eigenvalue weighted by Crippen LogP contribution is -2.45. The Morgan fingerprint density at radius 2 is 1.83 bits per heavy atom. The predicted octanol–water partition coefficient (Wildman–Crippen LogP) is 4.02. The first-order chi connectivity index (χ1) is 13.7. The highest BCUT2D eigenvalue weighted by molar-refractivity contribution is 5.96. The van der Waals surface area contributed by atoms with E-state index in [4.69, 9.17) is 9.47 Å². The number of piperidine rings is 1. The number of likely N-dealkylation sites (tertiary alicyclic amines) is 1. The number of alkyl halides is 3. The lowest BCUT2D eigenvalue weighted by molar-refractivity contribution is -0.138. The Balaban J connectivity index is 1.54. The van der Waals surface area contributed by atoms with Crippen LogP contribution in [0.4, 0.5) is 13.2 Å². The van der Waals surface area contributed by atoms with Crippen molar-refractivity contribution >= 4 is 11.9 Å². The number of ether oxygens (including phenoxy) is 2. The average Bonchev–Trinajstić information content (AvgIpc) is 2.99. The van der Waals surface area contributed by atoms with Crippen LogP contribution in [0, 0.1) is 0 Å². The van der Waals surface area contributed by atoms with Gasteiger partial charge in [0.2, 0.25) is 0 Å². The molecule has 0 aliphatic carbocycles. The van der Waals surface area contributed by atoms with Gasteiger partial charge in [-0.1, -0.05) is 18.2 Å². The summed E-state index contributed by atoms with van der Waals surface area (Å²) in [7, 11) is 1.15. The van der Waals surface area contributed by atoms with Gasteiger partial charge >= 0.3 is 12.1 Å². The molecular formula is C21H18F3NO4. The number of hydrogen-bond acceptors (Lipinski definition) is 4. The van der Waals surface area contributed by atoms with Gasteiger partial charge in [-0.05, 0) is 24.3 Å². The number of halogens is 3. The molecule has 2 aromatic carbocycles. The van der Waals surface area contributed by atoms with E-state index in [-0.39, 0.29) is 30.4 Å². The van der Waals surface area contributed by atoms with E-state index in [1.165, 1.54) is 11.0 Å². The van der Waals surface area contributed by atoms with Crippen molar-refractivity contribution in [2.45, 2.75) is 24.6 Å². The van der Waals surface area contributed by atoms with E-state index in [9.17, 15) is 22.8 Å². The Morgan fingerprint density at radius 1 is 1.14 bits per heavy atom. The molecule has 8 heteroatoms. The van der Waals surface area contributed by atoms with Crippen LogP contribution in [0.1, 0.15) is 44.7 Å². The Hall–Kier alpha value is -3.03. The second-order valence-corrected chi connectivity index (χ2v) is 7.13. The number of methoxy groups -OCH3 is 1. The molecule has 0 bridgehead atoms. The molecule has 2 aliphatic rings. The van der Waals surface area contributed by atoms with Crippen LogP contribution >= 0.6 is 0 Å².